The molecule has 3 N–H and O–H groups in total. The lowest BCUT2D eigenvalue weighted by Crippen LogP contribution is -2.46. The van der Waals surface area contributed by atoms with E-state index in [9.17, 15) is 4.79 Å². The maximum absolute atomic E-state index is 11.4. The first-order chi connectivity index (χ1) is 6.56. The molecule has 0 heterocycles. The van der Waals surface area contributed by atoms with Crippen molar-refractivity contribution in [3.05, 3.63) is 0 Å². The Bertz CT molecular complexity index is 200. The quantitative estimate of drug-likeness (QED) is 0.605. The molecule has 1 rings (SSSR count). The molecule has 0 spiro atoms. The van der Waals surface area contributed by atoms with E-state index in [0.29, 0.717) is 19.1 Å². The third-order valence-corrected chi connectivity index (χ3v) is 2.55. The Balaban J connectivity index is 2.18. The van der Waals surface area contributed by atoms with Crippen LogP contribution in [0.2, 0.25) is 0 Å². The average molecular weight is 200 g/mol. The fourth-order valence-electron chi connectivity index (χ4n) is 1.55. The summed E-state index contributed by atoms with van der Waals surface area (Å²) in [7, 11) is 0. The van der Waals surface area contributed by atoms with Crippen molar-refractivity contribution in [1.82, 2.24) is 5.32 Å². The Labute approximate surface area is 85.2 Å². The van der Waals surface area contributed by atoms with Gasteiger partial charge in [-0.15, -0.1) is 0 Å². The van der Waals surface area contributed by atoms with Crippen LogP contribution in [0.15, 0.2) is 0 Å². The molecule has 0 aromatic carbocycles. The molecule has 1 aliphatic rings. The van der Waals surface area contributed by atoms with E-state index in [1.807, 2.05) is 0 Å². The molecule has 82 valence electrons. The van der Waals surface area contributed by atoms with Crippen LogP contribution in [0.3, 0.4) is 0 Å². The van der Waals surface area contributed by atoms with Gasteiger partial charge in [-0.2, -0.15) is 0 Å². The van der Waals surface area contributed by atoms with Gasteiger partial charge in [-0.05, 0) is 32.6 Å². The fourth-order valence-corrected chi connectivity index (χ4v) is 1.55. The van der Waals surface area contributed by atoms with Crippen molar-refractivity contribution in [2.45, 2.75) is 32.2 Å². The number of carbonyl (C=O) groups is 1. The first-order valence-electron chi connectivity index (χ1n) is 5.15. The molecule has 0 aromatic heterocycles. The summed E-state index contributed by atoms with van der Waals surface area (Å²) in [4.78, 5) is 11.4. The normalized spacial score (nSPS) is 16.8. The van der Waals surface area contributed by atoms with Gasteiger partial charge >= 0.3 is 0 Å². The summed E-state index contributed by atoms with van der Waals surface area (Å²) in [6.45, 7) is 5.14. The van der Waals surface area contributed by atoms with Crippen LogP contribution < -0.4 is 11.1 Å². The van der Waals surface area contributed by atoms with Crippen LogP contribution in [0.25, 0.3) is 0 Å². The molecule has 1 aliphatic carbocycles. The minimum atomic E-state index is -0.0802. The topological polar surface area (TPSA) is 64.3 Å². The van der Waals surface area contributed by atoms with Crippen molar-refractivity contribution >= 4 is 5.91 Å². The standard InChI is InChI=1S/C10H20N2O2/c1-10(2,8-3-4-8)12-9(13)7-14-6-5-11/h8H,3-7,11H2,1-2H3,(H,12,13). The molecule has 1 saturated carbocycles. The van der Waals surface area contributed by atoms with E-state index in [4.69, 9.17) is 10.5 Å². The Morgan fingerprint density at radius 1 is 1.57 bits per heavy atom. The minimum Gasteiger partial charge on any atom is -0.370 e. The molecule has 14 heavy (non-hydrogen) atoms. The number of rotatable bonds is 6. The van der Waals surface area contributed by atoms with Crippen LogP contribution in [-0.2, 0) is 9.53 Å². The molecule has 0 saturated heterocycles. The van der Waals surface area contributed by atoms with Gasteiger partial charge < -0.3 is 15.8 Å². The van der Waals surface area contributed by atoms with E-state index in [2.05, 4.69) is 19.2 Å². The number of amides is 1. The molecule has 4 heteroatoms. The summed E-state index contributed by atoms with van der Waals surface area (Å²) in [5.41, 5.74) is 5.16. The summed E-state index contributed by atoms with van der Waals surface area (Å²) in [6, 6.07) is 0. The molecular weight excluding hydrogens is 180 g/mol. The highest BCUT2D eigenvalue weighted by Crippen LogP contribution is 2.39. The number of carbonyl (C=O) groups excluding carboxylic acids is 1. The van der Waals surface area contributed by atoms with Crippen LogP contribution in [0.4, 0.5) is 0 Å². The van der Waals surface area contributed by atoms with E-state index in [-0.39, 0.29) is 18.1 Å². The van der Waals surface area contributed by atoms with Crippen molar-refractivity contribution in [3.63, 3.8) is 0 Å². The second-order valence-corrected chi connectivity index (χ2v) is 4.39. The molecule has 1 fully saturated rings. The van der Waals surface area contributed by atoms with E-state index >= 15 is 0 Å². The van der Waals surface area contributed by atoms with Crippen molar-refractivity contribution in [2.75, 3.05) is 19.8 Å². The number of hydrogen-bond donors (Lipinski definition) is 2. The second-order valence-electron chi connectivity index (χ2n) is 4.39. The summed E-state index contributed by atoms with van der Waals surface area (Å²) >= 11 is 0. The Hall–Kier alpha value is -0.610. The number of hydrogen-bond acceptors (Lipinski definition) is 3. The third kappa shape index (κ3) is 3.64. The van der Waals surface area contributed by atoms with Gasteiger partial charge in [-0.25, -0.2) is 0 Å². The van der Waals surface area contributed by atoms with Gasteiger partial charge in [0.15, 0.2) is 0 Å². The number of nitrogens with two attached hydrogens (primary N) is 1. The molecule has 1 amide bonds. The zero-order valence-electron chi connectivity index (χ0n) is 9.01. The summed E-state index contributed by atoms with van der Waals surface area (Å²) in [5.74, 6) is 0.594. The molecule has 0 atom stereocenters. The predicted octanol–water partition coefficient (Wildman–Crippen LogP) is 0.267. The van der Waals surface area contributed by atoms with E-state index in [1.54, 1.807) is 0 Å². The van der Waals surface area contributed by atoms with Crippen LogP contribution in [-0.4, -0.2) is 31.2 Å². The van der Waals surface area contributed by atoms with Crippen molar-refractivity contribution < 1.29 is 9.53 Å². The molecule has 0 aliphatic heterocycles. The lowest BCUT2D eigenvalue weighted by Gasteiger charge is -2.26. The Kier molecular flexibility index (Phi) is 3.89. The molecule has 0 bridgehead atoms. The SMILES string of the molecule is CC(C)(NC(=O)COCCN)C1CC1. The van der Waals surface area contributed by atoms with Gasteiger partial charge in [0.25, 0.3) is 0 Å². The largest absolute Gasteiger partial charge is 0.370 e. The van der Waals surface area contributed by atoms with Crippen LogP contribution in [0, 0.1) is 5.92 Å². The number of nitrogens with one attached hydrogen (secondary N) is 1. The van der Waals surface area contributed by atoms with Gasteiger partial charge in [-0.3, -0.25) is 4.79 Å². The van der Waals surface area contributed by atoms with Gasteiger partial charge in [-0.1, -0.05) is 0 Å². The fraction of sp³-hybridized carbons (Fsp3) is 0.900. The van der Waals surface area contributed by atoms with Gasteiger partial charge in [0.05, 0.1) is 6.61 Å². The second kappa shape index (κ2) is 4.75. The van der Waals surface area contributed by atoms with Crippen LogP contribution >= 0.6 is 0 Å². The highest BCUT2D eigenvalue weighted by molar-refractivity contribution is 5.78. The predicted molar refractivity (Wildman–Crippen MR) is 54.8 cm³/mol. The van der Waals surface area contributed by atoms with E-state index < -0.39 is 0 Å². The lowest BCUT2D eigenvalue weighted by molar-refractivity contribution is -0.127. The minimum absolute atomic E-state index is 0.0460. The first-order valence-corrected chi connectivity index (χ1v) is 5.15. The van der Waals surface area contributed by atoms with Crippen molar-refractivity contribution in [2.24, 2.45) is 11.7 Å². The lowest BCUT2D eigenvalue weighted by atomic mass is 9.99. The highest BCUT2D eigenvalue weighted by atomic mass is 16.5. The zero-order chi connectivity index (χ0) is 10.6. The Morgan fingerprint density at radius 3 is 2.71 bits per heavy atom. The molecule has 4 nitrogen and oxygen atoms in total. The molecule has 0 aromatic rings. The van der Waals surface area contributed by atoms with Gasteiger partial charge in [0.2, 0.25) is 5.91 Å². The van der Waals surface area contributed by atoms with Crippen molar-refractivity contribution in [1.29, 1.82) is 0 Å². The molecular formula is C10H20N2O2. The maximum Gasteiger partial charge on any atom is 0.246 e. The molecule has 0 unspecified atom stereocenters. The molecule has 0 radical (unpaired) electrons. The van der Waals surface area contributed by atoms with Gasteiger partial charge in [0, 0.05) is 12.1 Å². The zero-order valence-corrected chi connectivity index (χ0v) is 9.01. The average Bonchev–Trinajstić information content (AvgIpc) is 2.85. The smallest absolute Gasteiger partial charge is 0.246 e. The van der Waals surface area contributed by atoms with E-state index in [1.165, 1.54) is 12.8 Å². The first kappa shape index (κ1) is 11.5. The third-order valence-electron chi connectivity index (χ3n) is 2.55. The van der Waals surface area contributed by atoms with Crippen LogP contribution in [0.1, 0.15) is 26.7 Å². The maximum atomic E-state index is 11.4. The summed E-state index contributed by atoms with van der Waals surface area (Å²) < 4.78 is 5.05. The number of ether oxygens (including phenoxy) is 1. The highest BCUT2D eigenvalue weighted by Gasteiger charge is 2.38. The monoisotopic (exact) mass is 200 g/mol. The Morgan fingerprint density at radius 2 is 2.21 bits per heavy atom. The van der Waals surface area contributed by atoms with Gasteiger partial charge in [0.1, 0.15) is 6.61 Å². The summed E-state index contributed by atoms with van der Waals surface area (Å²) in [6.07, 6.45) is 2.44. The van der Waals surface area contributed by atoms with Crippen LogP contribution in [0.5, 0.6) is 0 Å². The summed E-state index contributed by atoms with van der Waals surface area (Å²) in [5, 5.41) is 2.97. The van der Waals surface area contributed by atoms with E-state index in [0.717, 1.165) is 0 Å². The van der Waals surface area contributed by atoms with Crippen molar-refractivity contribution in [3.8, 4) is 0 Å².